The van der Waals surface area contributed by atoms with E-state index in [0.29, 0.717) is 5.69 Å². The van der Waals surface area contributed by atoms with E-state index in [4.69, 9.17) is 16.2 Å². The van der Waals surface area contributed by atoms with Crippen molar-refractivity contribution in [1.29, 1.82) is 0 Å². The molecule has 0 radical (unpaired) electrons. The number of nitrogen functional groups attached to an aromatic ring is 1. The van der Waals surface area contributed by atoms with Crippen LogP contribution in [0.25, 0.3) is 0 Å². The lowest BCUT2D eigenvalue weighted by Gasteiger charge is -2.32. The quantitative estimate of drug-likeness (QED) is 0.701. The van der Waals surface area contributed by atoms with Gasteiger partial charge >= 0.3 is 0 Å². The lowest BCUT2D eigenvalue weighted by molar-refractivity contribution is -0.125. The first-order valence-corrected chi connectivity index (χ1v) is 7.11. The van der Waals surface area contributed by atoms with E-state index in [-0.39, 0.29) is 24.7 Å². The van der Waals surface area contributed by atoms with E-state index in [1.165, 1.54) is 24.3 Å². The molecule has 0 aliphatic carbocycles. The molecule has 1 fully saturated rings. The number of ether oxygens (including phenoxy) is 1. The summed E-state index contributed by atoms with van der Waals surface area (Å²) in [7, 11) is -3.78. The van der Waals surface area contributed by atoms with Crippen LogP contribution in [0.15, 0.2) is 29.2 Å². The van der Waals surface area contributed by atoms with Crippen LogP contribution in [0.4, 0.5) is 5.69 Å². The molecular formula is C11H15N3O4S. The second-order valence-electron chi connectivity index (χ2n) is 4.18. The van der Waals surface area contributed by atoms with Crippen molar-refractivity contribution in [1.82, 2.24) is 4.31 Å². The molecule has 1 aromatic rings. The molecule has 1 saturated heterocycles. The molecule has 8 heteroatoms. The normalized spacial score (nSPS) is 21.2. The third-order valence-electron chi connectivity index (χ3n) is 2.89. The van der Waals surface area contributed by atoms with Gasteiger partial charge in [-0.1, -0.05) is 0 Å². The molecule has 0 aromatic heterocycles. The molecule has 1 aliphatic heterocycles. The zero-order valence-corrected chi connectivity index (χ0v) is 11.0. The molecule has 2 rings (SSSR count). The largest absolute Gasteiger partial charge is 0.399 e. The van der Waals surface area contributed by atoms with Gasteiger partial charge in [0.25, 0.3) is 0 Å². The molecular weight excluding hydrogens is 270 g/mol. The van der Waals surface area contributed by atoms with Crippen molar-refractivity contribution in [2.75, 3.05) is 25.5 Å². The molecule has 1 atom stereocenters. The van der Waals surface area contributed by atoms with E-state index < -0.39 is 22.0 Å². The molecule has 4 N–H and O–H groups in total. The van der Waals surface area contributed by atoms with Crippen molar-refractivity contribution in [3.63, 3.8) is 0 Å². The highest BCUT2D eigenvalue weighted by Gasteiger charge is 2.37. The Kier molecular flexibility index (Phi) is 3.74. The summed E-state index contributed by atoms with van der Waals surface area (Å²) in [6.07, 6.45) is 0. The zero-order chi connectivity index (χ0) is 14.0. The van der Waals surface area contributed by atoms with E-state index in [9.17, 15) is 13.2 Å². The van der Waals surface area contributed by atoms with E-state index in [0.717, 1.165) is 4.31 Å². The summed E-state index contributed by atoms with van der Waals surface area (Å²) >= 11 is 0. The predicted octanol–water partition coefficient (Wildman–Crippen LogP) is -0.856. The van der Waals surface area contributed by atoms with Gasteiger partial charge in [-0.2, -0.15) is 4.31 Å². The van der Waals surface area contributed by atoms with Gasteiger partial charge in [-0.15, -0.1) is 0 Å². The number of sulfonamides is 1. The maximum Gasteiger partial charge on any atom is 0.243 e. The van der Waals surface area contributed by atoms with Gasteiger partial charge in [0.15, 0.2) is 0 Å². The number of amides is 1. The van der Waals surface area contributed by atoms with Crippen LogP contribution in [0.3, 0.4) is 0 Å². The monoisotopic (exact) mass is 285 g/mol. The summed E-state index contributed by atoms with van der Waals surface area (Å²) in [4.78, 5) is 11.4. The van der Waals surface area contributed by atoms with Crippen LogP contribution in [-0.2, 0) is 19.6 Å². The van der Waals surface area contributed by atoms with Gasteiger partial charge in [0.05, 0.1) is 18.1 Å². The Morgan fingerprint density at radius 3 is 2.53 bits per heavy atom. The molecule has 0 saturated carbocycles. The van der Waals surface area contributed by atoms with Crippen LogP contribution < -0.4 is 11.5 Å². The summed E-state index contributed by atoms with van der Waals surface area (Å²) in [5, 5.41) is 0. The number of carbonyl (C=O) groups is 1. The number of hydrogen-bond acceptors (Lipinski definition) is 5. The Morgan fingerprint density at radius 1 is 1.32 bits per heavy atom. The summed E-state index contributed by atoms with van der Waals surface area (Å²) in [6.45, 7) is 0.307. The first-order chi connectivity index (χ1) is 8.93. The number of anilines is 1. The molecule has 104 valence electrons. The van der Waals surface area contributed by atoms with Crippen LogP contribution in [0, 0.1) is 0 Å². The highest BCUT2D eigenvalue weighted by Crippen LogP contribution is 2.21. The number of primary amides is 1. The number of morpholine rings is 1. The molecule has 0 spiro atoms. The van der Waals surface area contributed by atoms with Gasteiger partial charge < -0.3 is 16.2 Å². The molecule has 7 nitrogen and oxygen atoms in total. The molecule has 1 aromatic carbocycles. The SMILES string of the molecule is NC(=O)C1COCCN1S(=O)(=O)c1ccc(N)cc1. The second kappa shape index (κ2) is 5.16. The van der Waals surface area contributed by atoms with Crippen LogP contribution in [0.5, 0.6) is 0 Å². The van der Waals surface area contributed by atoms with Crippen LogP contribution in [-0.4, -0.2) is 44.4 Å². The van der Waals surface area contributed by atoms with Gasteiger partial charge in [-0.3, -0.25) is 4.79 Å². The maximum absolute atomic E-state index is 12.4. The third kappa shape index (κ3) is 2.70. The molecule has 1 heterocycles. The standard InChI is InChI=1S/C11H15N3O4S/c12-8-1-3-9(4-2-8)19(16,17)14-5-6-18-7-10(14)11(13)15/h1-4,10H,5-7,12H2,(H2,13,15). The topological polar surface area (TPSA) is 116 Å². The fourth-order valence-corrected chi connectivity index (χ4v) is 3.44. The van der Waals surface area contributed by atoms with Crippen LogP contribution >= 0.6 is 0 Å². The second-order valence-corrected chi connectivity index (χ2v) is 6.07. The average Bonchev–Trinajstić information content (AvgIpc) is 2.39. The maximum atomic E-state index is 12.4. The smallest absolute Gasteiger partial charge is 0.243 e. The van der Waals surface area contributed by atoms with Gasteiger partial charge in [0, 0.05) is 12.2 Å². The minimum atomic E-state index is -3.78. The minimum Gasteiger partial charge on any atom is -0.399 e. The van der Waals surface area contributed by atoms with Gasteiger partial charge in [-0.25, -0.2) is 8.42 Å². The van der Waals surface area contributed by atoms with E-state index >= 15 is 0 Å². The molecule has 1 amide bonds. The van der Waals surface area contributed by atoms with Crippen molar-refractivity contribution >= 4 is 21.6 Å². The number of rotatable bonds is 3. The first-order valence-electron chi connectivity index (χ1n) is 5.67. The summed E-state index contributed by atoms with van der Waals surface area (Å²) in [6, 6.07) is 4.81. The van der Waals surface area contributed by atoms with E-state index in [1.807, 2.05) is 0 Å². The number of nitrogens with two attached hydrogens (primary N) is 2. The van der Waals surface area contributed by atoms with Gasteiger partial charge in [0.1, 0.15) is 6.04 Å². The Hall–Kier alpha value is -1.64. The van der Waals surface area contributed by atoms with Crippen LogP contribution in [0.1, 0.15) is 0 Å². The Balaban J connectivity index is 2.37. The number of benzene rings is 1. The summed E-state index contributed by atoms with van der Waals surface area (Å²) in [5.74, 6) is -0.723. The van der Waals surface area contributed by atoms with Crippen molar-refractivity contribution in [3.05, 3.63) is 24.3 Å². The predicted molar refractivity (Wildman–Crippen MR) is 68.5 cm³/mol. The van der Waals surface area contributed by atoms with E-state index in [2.05, 4.69) is 0 Å². The lowest BCUT2D eigenvalue weighted by Crippen LogP contribution is -2.54. The molecule has 19 heavy (non-hydrogen) atoms. The van der Waals surface area contributed by atoms with Crippen molar-refractivity contribution in [3.8, 4) is 0 Å². The highest BCUT2D eigenvalue weighted by molar-refractivity contribution is 7.89. The Morgan fingerprint density at radius 2 is 1.95 bits per heavy atom. The number of carbonyl (C=O) groups excluding carboxylic acids is 1. The third-order valence-corrected chi connectivity index (χ3v) is 4.82. The molecule has 1 unspecified atom stereocenters. The van der Waals surface area contributed by atoms with Crippen molar-refractivity contribution < 1.29 is 17.9 Å². The van der Waals surface area contributed by atoms with Gasteiger partial charge in [-0.05, 0) is 24.3 Å². The fourth-order valence-electron chi connectivity index (χ4n) is 1.88. The van der Waals surface area contributed by atoms with Gasteiger partial charge in [0.2, 0.25) is 15.9 Å². The fraction of sp³-hybridized carbons (Fsp3) is 0.364. The molecule has 0 bridgehead atoms. The first kappa shape index (κ1) is 13.8. The molecule has 1 aliphatic rings. The summed E-state index contributed by atoms with van der Waals surface area (Å²) in [5.41, 5.74) is 11.2. The Bertz CT molecular complexity index is 570. The average molecular weight is 285 g/mol. The number of hydrogen-bond donors (Lipinski definition) is 2. The summed E-state index contributed by atoms with van der Waals surface area (Å²) < 4.78 is 31.0. The highest BCUT2D eigenvalue weighted by atomic mass is 32.2. The van der Waals surface area contributed by atoms with Crippen molar-refractivity contribution in [2.45, 2.75) is 10.9 Å². The lowest BCUT2D eigenvalue weighted by atomic mass is 10.3. The minimum absolute atomic E-state index is 0.0243. The Labute approximate surface area is 111 Å². The van der Waals surface area contributed by atoms with E-state index in [1.54, 1.807) is 0 Å². The number of nitrogens with zero attached hydrogens (tertiary/aromatic N) is 1. The van der Waals surface area contributed by atoms with Crippen LogP contribution in [0.2, 0.25) is 0 Å². The van der Waals surface area contributed by atoms with Crippen molar-refractivity contribution in [2.24, 2.45) is 5.73 Å². The zero-order valence-electron chi connectivity index (χ0n) is 10.2.